The summed E-state index contributed by atoms with van der Waals surface area (Å²) < 4.78 is 1.17. The van der Waals surface area contributed by atoms with Gasteiger partial charge in [-0.3, -0.25) is 0 Å². The van der Waals surface area contributed by atoms with Crippen molar-refractivity contribution in [2.75, 3.05) is 7.05 Å². The van der Waals surface area contributed by atoms with Crippen molar-refractivity contribution in [3.8, 4) is 0 Å². The van der Waals surface area contributed by atoms with Gasteiger partial charge in [0.2, 0.25) is 0 Å². The van der Waals surface area contributed by atoms with Crippen molar-refractivity contribution >= 4 is 15.9 Å². The molecule has 2 aromatic carbocycles. The standard InChI is InChI=1S/C18H20BrN/c1-20-17(10-13-5-4-7-16(19)9-13)12-15-11-14-6-2-3-8-18(14)15/h2-9,15,17,20H,10-12H2,1H3. The van der Waals surface area contributed by atoms with Gasteiger partial charge in [-0.2, -0.15) is 0 Å². The molecule has 2 unspecified atom stereocenters. The Morgan fingerprint density at radius 3 is 2.80 bits per heavy atom. The third-order valence-corrected chi connectivity index (χ3v) is 4.80. The van der Waals surface area contributed by atoms with Gasteiger partial charge in [0.15, 0.2) is 0 Å². The Bertz CT molecular complexity index is 593. The maximum atomic E-state index is 3.55. The fourth-order valence-corrected chi connectivity index (χ4v) is 3.61. The molecule has 0 radical (unpaired) electrons. The third kappa shape index (κ3) is 2.97. The second-order valence-corrected chi connectivity index (χ2v) is 6.57. The quantitative estimate of drug-likeness (QED) is 0.861. The molecule has 0 saturated heterocycles. The highest BCUT2D eigenvalue weighted by molar-refractivity contribution is 9.10. The van der Waals surface area contributed by atoms with E-state index in [4.69, 9.17) is 0 Å². The van der Waals surface area contributed by atoms with Crippen LogP contribution in [0.4, 0.5) is 0 Å². The number of halogens is 1. The summed E-state index contributed by atoms with van der Waals surface area (Å²) in [6.45, 7) is 0. The first-order valence-electron chi connectivity index (χ1n) is 7.26. The van der Waals surface area contributed by atoms with Gasteiger partial charge in [-0.1, -0.05) is 52.3 Å². The van der Waals surface area contributed by atoms with Gasteiger partial charge in [0.25, 0.3) is 0 Å². The van der Waals surface area contributed by atoms with E-state index in [-0.39, 0.29) is 0 Å². The van der Waals surface area contributed by atoms with Gasteiger partial charge >= 0.3 is 0 Å². The summed E-state index contributed by atoms with van der Waals surface area (Å²) in [4.78, 5) is 0. The summed E-state index contributed by atoms with van der Waals surface area (Å²) in [5, 5.41) is 3.48. The first-order chi connectivity index (χ1) is 9.76. The molecule has 0 aliphatic heterocycles. The van der Waals surface area contributed by atoms with Crippen LogP contribution in [-0.2, 0) is 12.8 Å². The van der Waals surface area contributed by atoms with Crippen LogP contribution in [0.2, 0.25) is 0 Å². The van der Waals surface area contributed by atoms with Gasteiger partial charge in [0, 0.05) is 10.5 Å². The predicted molar refractivity (Wildman–Crippen MR) is 88.2 cm³/mol. The Morgan fingerprint density at radius 2 is 2.05 bits per heavy atom. The molecule has 1 aliphatic carbocycles. The van der Waals surface area contributed by atoms with E-state index in [1.165, 1.54) is 28.4 Å². The van der Waals surface area contributed by atoms with Crippen molar-refractivity contribution in [1.29, 1.82) is 0 Å². The van der Waals surface area contributed by atoms with Crippen molar-refractivity contribution in [2.24, 2.45) is 0 Å². The van der Waals surface area contributed by atoms with Crippen LogP contribution in [0.5, 0.6) is 0 Å². The zero-order valence-electron chi connectivity index (χ0n) is 11.8. The SMILES string of the molecule is CNC(Cc1cccc(Br)c1)CC1Cc2ccccc21. The minimum atomic E-state index is 0.544. The topological polar surface area (TPSA) is 12.0 Å². The second kappa shape index (κ2) is 6.11. The summed E-state index contributed by atoms with van der Waals surface area (Å²) in [7, 11) is 2.08. The number of hydrogen-bond donors (Lipinski definition) is 1. The molecule has 2 aromatic rings. The average Bonchev–Trinajstić information content (AvgIpc) is 2.43. The van der Waals surface area contributed by atoms with Crippen LogP contribution in [0.3, 0.4) is 0 Å². The lowest BCUT2D eigenvalue weighted by Crippen LogP contribution is -2.32. The summed E-state index contributed by atoms with van der Waals surface area (Å²) >= 11 is 3.55. The average molecular weight is 330 g/mol. The van der Waals surface area contributed by atoms with E-state index in [9.17, 15) is 0 Å². The molecule has 3 rings (SSSR count). The zero-order chi connectivity index (χ0) is 13.9. The molecule has 104 valence electrons. The maximum Gasteiger partial charge on any atom is 0.0178 e. The lowest BCUT2D eigenvalue weighted by Gasteiger charge is -2.33. The molecule has 0 bridgehead atoms. The molecule has 1 nitrogen and oxygen atoms in total. The maximum absolute atomic E-state index is 3.55. The van der Waals surface area contributed by atoms with Crippen molar-refractivity contribution < 1.29 is 0 Å². The Labute approximate surface area is 129 Å². The Balaban J connectivity index is 1.64. The summed E-state index contributed by atoms with van der Waals surface area (Å²) in [6.07, 6.45) is 3.56. The number of fused-ring (bicyclic) bond motifs is 1. The monoisotopic (exact) mass is 329 g/mol. The Hall–Kier alpha value is -1.12. The predicted octanol–water partition coefficient (Wildman–Crippen LogP) is 4.31. The summed E-state index contributed by atoms with van der Waals surface area (Å²) in [6, 6.07) is 18.0. The van der Waals surface area contributed by atoms with Crippen molar-refractivity contribution in [1.82, 2.24) is 5.32 Å². The molecule has 2 heteroatoms. The molecule has 0 spiro atoms. The van der Waals surface area contributed by atoms with Crippen molar-refractivity contribution in [3.63, 3.8) is 0 Å². The minimum Gasteiger partial charge on any atom is -0.317 e. The Morgan fingerprint density at radius 1 is 1.20 bits per heavy atom. The first kappa shape index (κ1) is 13.8. The van der Waals surface area contributed by atoms with E-state index in [1.807, 2.05) is 0 Å². The van der Waals surface area contributed by atoms with Crippen LogP contribution in [0.1, 0.15) is 29.0 Å². The molecule has 0 aromatic heterocycles. The van der Waals surface area contributed by atoms with Gasteiger partial charge in [-0.05, 0) is 61.1 Å². The summed E-state index contributed by atoms with van der Waals surface area (Å²) in [5.41, 5.74) is 4.49. The molecule has 2 atom stereocenters. The smallest absolute Gasteiger partial charge is 0.0178 e. The molecule has 1 aliphatic rings. The fourth-order valence-electron chi connectivity index (χ4n) is 3.17. The third-order valence-electron chi connectivity index (χ3n) is 4.31. The first-order valence-corrected chi connectivity index (χ1v) is 8.05. The number of rotatable bonds is 5. The highest BCUT2D eigenvalue weighted by Gasteiger charge is 2.27. The van der Waals surface area contributed by atoms with Crippen LogP contribution in [0.15, 0.2) is 53.0 Å². The molecule has 1 N–H and O–H groups in total. The second-order valence-electron chi connectivity index (χ2n) is 5.66. The fraction of sp³-hybridized carbons (Fsp3) is 0.333. The zero-order valence-corrected chi connectivity index (χ0v) is 13.4. The van der Waals surface area contributed by atoms with Crippen LogP contribution < -0.4 is 5.32 Å². The van der Waals surface area contributed by atoms with Gasteiger partial charge < -0.3 is 5.32 Å². The van der Waals surface area contributed by atoms with Gasteiger partial charge in [0.05, 0.1) is 0 Å². The highest BCUT2D eigenvalue weighted by Crippen LogP contribution is 2.38. The molecule has 20 heavy (non-hydrogen) atoms. The van der Waals surface area contributed by atoms with Gasteiger partial charge in [0.1, 0.15) is 0 Å². The molecular formula is C18H20BrN. The highest BCUT2D eigenvalue weighted by atomic mass is 79.9. The van der Waals surface area contributed by atoms with Gasteiger partial charge in [-0.15, -0.1) is 0 Å². The normalized spacial score (nSPS) is 18.2. The van der Waals surface area contributed by atoms with Crippen LogP contribution in [-0.4, -0.2) is 13.1 Å². The number of benzene rings is 2. The molecule has 0 amide bonds. The Kier molecular flexibility index (Phi) is 4.23. The summed E-state index contributed by atoms with van der Waals surface area (Å²) in [5.74, 6) is 0.732. The van der Waals surface area contributed by atoms with Crippen molar-refractivity contribution in [3.05, 3.63) is 69.7 Å². The van der Waals surface area contributed by atoms with Crippen molar-refractivity contribution in [2.45, 2.75) is 31.2 Å². The van der Waals surface area contributed by atoms with E-state index >= 15 is 0 Å². The van der Waals surface area contributed by atoms with Crippen LogP contribution >= 0.6 is 15.9 Å². The van der Waals surface area contributed by atoms with Gasteiger partial charge in [-0.25, -0.2) is 0 Å². The molecular weight excluding hydrogens is 310 g/mol. The van der Waals surface area contributed by atoms with E-state index in [0.29, 0.717) is 6.04 Å². The molecule has 0 saturated carbocycles. The van der Waals surface area contributed by atoms with E-state index in [1.54, 1.807) is 5.56 Å². The minimum absolute atomic E-state index is 0.544. The number of likely N-dealkylation sites (N-methyl/N-ethyl adjacent to an activating group) is 1. The van der Waals surface area contributed by atoms with E-state index in [2.05, 4.69) is 76.8 Å². The lowest BCUT2D eigenvalue weighted by molar-refractivity contribution is 0.438. The largest absolute Gasteiger partial charge is 0.317 e. The van der Waals surface area contributed by atoms with E-state index < -0.39 is 0 Å². The molecule has 0 fully saturated rings. The van der Waals surface area contributed by atoms with Crippen LogP contribution in [0.25, 0.3) is 0 Å². The number of hydrogen-bond acceptors (Lipinski definition) is 1. The van der Waals surface area contributed by atoms with E-state index in [0.717, 1.165) is 12.3 Å². The lowest BCUT2D eigenvalue weighted by atomic mass is 9.74. The number of nitrogens with one attached hydrogen (secondary N) is 1. The van der Waals surface area contributed by atoms with Crippen LogP contribution in [0, 0.1) is 0 Å². The molecule has 0 heterocycles.